The minimum Gasteiger partial charge on any atom is -0.477 e. The van der Waals surface area contributed by atoms with Gasteiger partial charge < -0.3 is 28.5 Å². The number of carboxylic acids is 1. The maximum Gasteiger partial charge on any atom is 0.361 e. The molecule has 9 heteroatoms. The van der Waals surface area contributed by atoms with Crippen LogP contribution in [0.4, 0.5) is 0 Å². The summed E-state index contributed by atoms with van der Waals surface area (Å²) in [7, 11) is 5.99. The van der Waals surface area contributed by atoms with Gasteiger partial charge in [-0.15, -0.1) is 0 Å². The first kappa shape index (κ1) is 74.0. The van der Waals surface area contributed by atoms with Crippen molar-refractivity contribution in [1.29, 1.82) is 0 Å². The molecule has 76 heavy (non-hydrogen) atoms. The molecule has 0 aliphatic heterocycles. The van der Waals surface area contributed by atoms with E-state index in [9.17, 15) is 19.5 Å². The van der Waals surface area contributed by atoms with Crippen LogP contribution in [-0.2, 0) is 33.3 Å². The van der Waals surface area contributed by atoms with Gasteiger partial charge in [-0.2, -0.15) is 0 Å². The number of allylic oxidation sites excluding steroid dienone is 2. The molecule has 0 heterocycles. The van der Waals surface area contributed by atoms with E-state index in [0.29, 0.717) is 17.4 Å². The molecule has 2 unspecified atom stereocenters. The van der Waals surface area contributed by atoms with Gasteiger partial charge in [0.2, 0.25) is 0 Å². The summed E-state index contributed by atoms with van der Waals surface area (Å²) in [5, 5.41) is 9.72. The molecule has 0 aliphatic rings. The van der Waals surface area contributed by atoms with Crippen LogP contribution in [0.25, 0.3) is 0 Å². The van der Waals surface area contributed by atoms with E-state index in [1.807, 2.05) is 21.1 Å². The number of likely N-dealkylation sites (N-methyl/N-ethyl adjacent to an activating group) is 1. The Morgan fingerprint density at radius 3 is 0.974 bits per heavy atom. The molecule has 0 bridgehead atoms. The number of aliphatic carboxylic acids is 1. The number of ether oxygens (including phenoxy) is 4. The lowest BCUT2D eigenvalue weighted by Crippen LogP contribution is -2.40. The smallest absolute Gasteiger partial charge is 0.361 e. The van der Waals surface area contributed by atoms with Crippen molar-refractivity contribution in [1.82, 2.24) is 0 Å². The third-order valence-electron chi connectivity index (χ3n) is 15.3. The van der Waals surface area contributed by atoms with E-state index in [-0.39, 0.29) is 38.2 Å². The molecule has 0 saturated carbocycles. The second-order valence-corrected chi connectivity index (χ2v) is 24.1. The van der Waals surface area contributed by atoms with Gasteiger partial charge in [-0.25, -0.2) is 4.79 Å². The summed E-state index contributed by atoms with van der Waals surface area (Å²) in [6, 6.07) is 0. The van der Waals surface area contributed by atoms with Gasteiger partial charge in [0.1, 0.15) is 13.2 Å². The lowest BCUT2D eigenvalue weighted by Gasteiger charge is -2.25. The van der Waals surface area contributed by atoms with Crippen molar-refractivity contribution in [2.75, 3.05) is 47.5 Å². The van der Waals surface area contributed by atoms with Crippen LogP contribution >= 0.6 is 0 Å². The molecule has 9 nitrogen and oxygen atoms in total. The summed E-state index contributed by atoms with van der Waals surface area (Å²) in [5.41, 5.74) is 0. The zero-order chi connectivity index (χ0) is 55.5. The first-order valence-electron chi connectivity index (χ1n) is 33.4. The Morgan fingerprint density at radius 2 is 0.671 bits per heavy atom. The lowest BCUT2D eigenvalue weighted by atomic mass is 10.0. The number of hydrogen-bond donors (Lipinski definition) is 1. The summed E-state index contributed by atoms with van der Waals surface area (Å²) in [6.45, 7) is 4.94. The van der Waals surface area contributed by atoms with Crippen molar-refractivity contribution in [3.8, 4) is 0 Å². The average Bonchev–Trinajstić information content (AvgIpc) is 3.39. The Kier molecular flexibility index (Phi) is 57.6. The summed E-state index contributed by atoms with van der Waals surface area (Å²) >= 11 is 0. The zero-order valence-electron chi connectivity index (χ0n) is 51.5. The highest BCUT2D eigenvalue weighted by molar-refractivity contribution is 5.71. The number of hydrogen-bond acceptors (Lipinski definition) is 7. The van der Waals surface area contributed by atoms with Crippen LogP contribution in [0.15, 0.2) is 12.2 Å². The summed E-state index contributed by atoms with van der Waals surface area (Å²) < 4.78 is 22.9. The second kappa shape index (κ2) is 59.2. The fourth-order valence-electron chi connectivity index (χ4n) is 10.1. The molecule has 0 aliphatic carbocycles. The molecular weight excluding hydrogens is 947 g/mol. The Labute approximate surface area is 472 Å². The average molecular weight is 1080 g/mol. The number of unbranched alkanes of at least 4 members (excludes halogenated alkanes) is 46. The molecule has 1 N–H and O–H groups in total. The highest BCUT2D eigenvalue weighted by Crippen LogP contribution is 2.19. The molecule has 0 fully saturated rings. The predicted octanol–water partition coefficient (Wildman–Crippen LogP) is 20.1. The van der Waals surface area contributed by atoms with Crippen LogP contribution in [-0.4, -0.2) is 87.4 Å². The minimum absolute atomic E-state index is 0.173. The number of carbonyl (C=O) groups is 3. The number of quaternary nitrogens is 1. The molecular formula is C67H130NO8+. The first-order chi connectivity index (χ1) is 37.1. The van der Waals surface area contributed by atoms with Crippen molar-refractivity contribution in [3.63, 3.8) is 0 Å². The standard InChI is InChI=1S/C67H129NO8/c1-6-8-10-12-14-16-18-20-22-24-25-26-27-28-29-30-31-32-33-34-35-36-37-38-39-40-41-42-44-46-48-50-52-54-56-58-65(70)76-63(62-75-67(66(71)72)73-60-59-68(3,4)5)61-74-64(69)57-55-53-51-49-47-45-43-23-21-19-17-15-13-11-9-7-2/h24-25,63,67H,6-23,26-62H2,1-5H3/p+1/b25-24-. The van der Waals surface area contributed by atoms with Crippen LogP contribution in [0.1, 0.15) is 341 Å². The number of nitrogens with zero attached hydrogens (tertiary/aromatic N) is 1. The van der Waals surface area contributed by atoms with Crippen molar-refractivity contribution in [2.45, 2.75) is 354 Å². The maximum absolute atomic E-state index is 12.9. The monoisotopic (exact) mass is 1080 g/mol. The quantitative estimate of drug-likeness (QED) is 0.0211. The topological polar surface area (TPSA) is 108 Å². The number of esters is 2. The summed E-state index contributed by atoms with van der Waals surface area (Å²) in [5.74, 6) is -1.97. The van der Waals surface area contributed by atoms with Gasteiger partial charge in [-0.05, 0) is 38.5 Å². The van der Waals surface area contributed by atoms with E-state index in [2.05, 4.69) is 26.0 Å². The molecule has 450 valence electrons. The number of carbonyl (C=O) groups excluding carboxylic acids is 2. The Balaban J connectivity index is 3.98. The van der Waals surface area contributed by atoms with Gasteiger partial charge in [0, 0.05) is 12.8 Å². The zero-order valence-corrected chi connectivity index (χ0v) is 51.5. The van der Waals surface area contributed by atoms with Gasteiger partial charge >= 0.3 is 17.9 Å². The molecule has 0 aromatic rings. The third kappa shape index (κ3) is 59.7. The SMILES string of the molecule is CCCCCCCCCC/C=C\CCCCCCCCCCCCCCCCCCCCCCCCCC(=O)OC(COC(=O)CCCCCCCCCCCCCCCCCC)COC(OCC[N+](C)(C)C)C(=O)O. The fourth-order valence-corrected chi connectivity index (χ4v) is 10.1. The van der Waals surface area contributed by atoms with Gasteiger partial charge in [-0.3, -0.25) is 9.59 Å². The van der Waals surface area contributed by atoms with Crippen molar-refractivity contribution in [3.05, 3.63) is 12.2 Å². The summed E-state index contributed by atoms with van der Waals surface area (Å²) in [4.78, 5) is 37.5. The summed E-state index contributed by atoms with van der Waals surface area (Å²) in [6.07, 6.45) is 67.6. The van der Waals surface area contributed by atoms with Gasteiger partial charge in [0.05, 0.1) is 34.4 Å². The number of carboxylic acid groups (broad SMARTS) is 1. The molecule has 0 saturated heterocycles. The van der Waals surface area contributed by atoms with E-state index >= 15 is 0 Å². The predicted molar refractivity (Wildman–Crippen MR) is 323 cm³/mol. The molecule has 0 rings (SSSR count). The van der Waals surface area contributed by atoms with Crippen LogP contribution in [0, 0.1) is 0 Å². The Hall–Kier alpha value is -1.97. The van der Waals surface area contributed by atoms with Crippen LogP contribution in [0.2, 0.25) is 0 Å². The lowest BCUT2D eigenvalue weighted by molar-refractivity contribution is -0.870. The molecule has 2 atom stereocenters. The number of rotatable bonds is 63. The Morgan fingerprint density at radius 1 is 0.382 bits per heavy atom. The van der Waals surface area contributed by atoms with Crippen molar-refractivity contribution < 1.29 is 42.9 Å². The molecule has 0 amide bonds. The Bertz CT molecular complexity index is 1250. The minimum atomic E-state index is -1.50. The maximum atomic E-state index is 12.9. The van der Waals surface area contributed by atoms with Gasteiger partial charge in [-0.1, -0.05) is 302 Å². The van der Waals surface area contributed by atoms with Crippen LogP contribution in [0.5, 0.6) is 0 Å². The van der Waals surface area contributed by atoms with E-state index in [0.717, 1.165) is 38.5 Å². The van der Waals surface area contributed by atoms with E-state index in [1.54, 1.807) is 0 Å². The highest BCUT2D eigenvalue weighted by atomic mass is 16.7. The molecule has 0 spiro atoms. The van der Waals surface area contributed by atoms with Gasteiger partial charge in [0.15, 0.2) is 6.10 Å². The van der Waals surface area contributed by atoms with Crippen LogP contribution < -0.4 is 0 Å². The molecule has 0 aromatic carbocycles. The van der Waals surface area contributed by atoms with Crippen molar-refractivity contribution in [2.24, 2.45) is 0 Å². The highest BCUT2D eigenvalue weighted by Gasteiger charge is 2.25. The van der Waals surface area contributed by atoms with Crippen molar-refractivity contribution >= 4 is 17.9 Å². The fraction of sp³-hybridized carbons (Fsp3) is 0.925. The van der Waals surface area contributed by atoms with Crippen LogP contribution in [0.3, 0.4) is 0 Å². The molecule has 0 aromatic heterocycles. The largest absolute Gasteiger partial charge is 0.477 e. The van der Waals surface area contributed by atoms with Gasteiger partial charge in [0.25, 0.3) is 6.29 Å². The van der Waals surface area contributed by atoms with E-state index < -0.39 is 18.4 Å². The first-order valence-corrected chi connectivity index (χ1v) is 33.4. The normalized spacial score (nSPS) is 12.7. The molecule has 0 radical (unpaired) electrons. The second-order valence-electron chi connectivity index (χ2n) is 24.1. The van der Waals surface area contributed by atoms with E-state index in [4.69, 9.17) is 18.9 Å². The third-order valence-corrected chi connectivity index (χ3v) is 15.3. The van der Waals surface area contributed by atoms with E-state index in [1.165, 1.54) is 276 Å².